The monoisotopic (exact) mass is 614 g/mol. The van der Waals surface area contributed by atoms with Gasteiger partial charge in [-0.3, -0.25) is 9.59 Å². The summed E-state index contributed by atoms with van der Waals surface area (Å²) in [5.41, 5.74) is -4.31. The minimum Gasteiger partial charge on any atom is -0.390 e. The van der Waals surface area contributed by atoms with Gasteiger partial charge in [-0.1, -0.05) is 67.6 Å². The van der Waals surface area contributed by atoms with E-state index >= 15 is 13.6 Å². The highest BCUT2D eigenvalue weighted by atomic mass is 19.1. The van der Waals surface area contributed by atoms with Crippen LogP contribution >= 0.6 is 0 Å². The fourth-order valence-corrected chi connectivity index (χ4v) is 11.2. The van der Waals surface area contributed by atoms with Crippen LogP contribution in [-0.2, 0) is 15.1 Å². The van der Waals surface area contributed by atoms with E-state index in [9.17, 15) is 9.90 Å². The molecule has 1 saturated heterocycles. The normalized spacial score (nSPS) is 45.7. The van der Waals surface area contributed by atoms with E-state index < -0.39 is 45.6 Å². The number of halogens is 2. The number of amides is 1. The lowest BCUT2D eigenvalue weighted by atomic mass is 9.43. The van der Waals surface area contributed by atoms with Crippen molar-refractivity contribution in [2.45, 2.75) is 75.9 Å². The van der Waals surface area contributed by atoms with E-state index in [1.54, 1.807) is 6.92 Å². The summed E-state index contributed by atoms with van der Waals surface area (Å²) in [4.78, 5) is 29.7. The second-order valence-electron chi connectivity index (χ2n) is 15.7. The lowest BCUT2D eigenvalue weighted by molar-refractivity contribution is -0.212. The molecule has 0 aromatic heterocycles. The quantitative estimate of drug-likeness (QED) is 0.442. The van der Waals surface area contributed by atoms with E-state index in [1.165, 1.54) is 18.2 Å². The fourth-order valence-electron chi connectivity index (χ4n) is 11.2. The van der Waals surface area contributed by atoms with Crippen molar-refractivity contribution in [3.8, 4) is 0 Å². The van der Waals surface area contributed by atoms with Gasteiger partial charge in [-0.05, 0) is 91.9 Å². The van der Waals surface area contributed by atoms with E-state index in [1.807, 2.05) is 18.2 Å². The Bertz CT molecular complexity index is 1550. The van der Waals surface area contributed by atoms with Gasteiger partial charge in [-0.15, -0.1) is 0 Å². The van der Waals surface area contributed by atoms with Crippen LogP contribution in [-0.4, -0.2) is 59.3 Å². The Morgan fingerprint density at radius 3 is 2.60 bits per heavy atom. The highest BCUT2D eigenvalue weighted by molar-refractivity contribution is 6.01. The van der Waals surface area contributed by atoms with Crippen molar-refractivity contribution >= 4 is 11.7 Å². The van der Waals surface area contributed by atoms with Crippen molar-refractivity contribution in [1.82, 2.24) is 10.2 Å². The van der Waals surface area contributed by atoms with Gasteiger partial charge >= 0.3 is 0 Å². The molecule has 1 unspecified atom stereocenters. The molecule has 45 heavy (non-hydrogen) atoms. The predicted octanol–water partition coefficient (Wildman–Crippen LogP) is 5.77. The number of hydrogen-bond donors (Lipinski definition) is 2. The number of fused-ring (bicyclic) bond motifs is 7. The zero-order valence-electron chi connectivity index (χ0n) is 26.2. The van der Waals surface area contributed by atoms with Crippen LogP contribution in [0.1, 0.15) is 57.9 Å². The number of nitrogens with one attached hydrogen (secondary N) is 1. The minimum absolute atomic E-state index is 0.00144. The molecule has 238 valence electrons. The Kier molecular flexibility index (Phi) is 6.43. The van der Waals surface area contributed by atoms with Crippen molar-refractivity contribution in [3.63, 3.8) is 0 Å². The summed E-state index contributed by atoms with van der Waals surface area (Å²) < 4.78 is 34.0. The van der Waals surface area contributed by atoms with Crippen LogP contribution in [0.15, 0.2) is 78.4 Å². The number of carbonyl (C=O) groups is 2. The zero-order valence-corrected chi connectivity index (χ0v) is 26.2. The topological polar surface area (TPSA) is 69.6 Å². The SMILES string of the molecule is C[C@]12C=CC(=O)C=C1[C@@H](F)C[C@H]1[C@@H]3C[C@H]4CN(CC5C=CC=CC5)C[C@@]4(C(=O)NC4(c5ccccc5)CC4)[C@@]3(C)C[C@H](O)[C@@]12F. The van der Waals surface area contributed by atoms with Crippen LogP contribution < -0.4 is 5.32 Å². The molecule has 1 amide bonds. The summed E-state index contributed by atoms with van der Waals surface area (Å²) >= 11 is 0. The summed E-state index contributed by atoms with van der Waals surface area (Å²) in [6.45, 7) is 5.85. The van der Waals surface area contributed by atoms with Gasteiger partial charge in [0.2, 0.25) is 5.91 Å². The van der Waals surface area contributed by atoms with Crippen molar-refractivity contribution in [2.75, 3.05) is 19.6 Å². The van der Waals surface area contributed by atoms with Gasteiger partial charge in [0.25, 0.3) is 0 Å². The number of benzene rings is 1. The number of aliphatic hydroxyl groups is 1. The molecule has 1 aromatic rings. The maximum atomic E-state index is 17.9. The molecular weight excluding hydrogens is 570 g/mol. The summed E-state index contributed by atoms with van der Waals surface area (Å²) in [5, 5.41) is 15.5. The first kappa shape index (κ1) is 29.5. The molecule has 0 spiro atoms. The van der Waals surface area contributed by atoms with Gasteiger partial charge in [0.1, 0.15) is 6.17 Å². The maximum absolute atomic E-state index is 17.9. The van der Waals surface area contributed by atoms with Crippen LogP contribution in [0.5, 0.6) is 0 Å². The molecule has 2 N–H and O–H groups in total. The third kappa shape index (κ3) is 3.89. The molecular formula is C38H44F2N2O3. The molecule has 5 nitrogen and oxygen atoms in total. The Balaban J connectivity index is 1.19. The van der Waals surface area contributed by atoms with Crippen LogP contribution in [0.25, 0.3) is 0 Å². The molecule has 1 aromatic carbocycles. The van der Waals surface area contributed by atoms with E-state index in [0.29, 0.717) is 18.9 Å². The van der Waals surface area contributed by atoms with Crippen LogP contribution in [0, 0.1) is 39.9 Å². The van der Waals surface area contributed by atoms with Crippen LogP contribution in [0.3, 0.4) is 0 Å². The largest absolute Gasteiger partial charge is 0.390 e. The minimum atomic E-state index is -2.14. The number of ketones is 1. The van der Waals surface area contributed by atoms with Gasteiger partial charge < -0.3 is 15.3 Å². The number of hydrogen-bond acceptors (Lipinski definition) is 4. The highest BCUT2D eigenvalue weighted by Crippen LogP contribution is 2.74. The predicted molar refractivity (Wildman–Crippen MR) is 168 cm³/mol. The molecule has 0 radical (unpaired) electrons. The lowest BCUT2D eigenvalue weighted by Crippen LogP contribution is -2.70. The number of rotatable bonds is 5. The van der Waals surface area contributed by atoms with Gasteiger partial charge in [0.15, 0.2) is 11.5 Å². The number of allylic oxidation sites excluding steroid dienone is 7. The van der Waals surface area contributed by atoms with Gasteiger partial charge in [-0.25, -0.2) is 8.78 Å². The fraction of sp³-hybridized carbons (Fsp3) is 0.579. The van der Waals surface area contributed by atoms with E-state index in [4.69, 9.17) is 0 Å². The molecule has 1 aliphatic heterocycles. The summed E-state index contributed by atoms with van der Waals surface area (Å²) in [6, 6.07) is 10.1. The molecule has 4 saturated carbocycles. The highest BCUT2D eigenvalue weighted by Gasteiger charge is 2.78. The summed E-state index contributed by atoms with van der Waals surface area (Å²) in [7, 11) is 0. The van der Waals surface area contributed by atoms with Gasteiger partial charge in [0.05, 0.1) is 17.1 Å². The average molecular weight is 615 g/mol. The first-order valence-electron chi connectivity index (χ1n) is 16.9. The number of alkyl halides is 2. The Morgan fingerprint density at radius 2 is 1.89 bits per heavy atom. The first-order chi connectivity index (χ1) is 21.5. The number of nitrogens with zero attached hydrogens (tertiary/aromatic N) is 1. The van der Waals surface area contributed by atoms with E-state index in [-0.39, 0.29) is 41.9 Å². The summed E-state index contributed by atoms with van der Waals surface area (Å²) in [5.74, 6) is -1.08. The molecule has 0 bridgehead atoms. The number of likely N-dealkylation sites (tertiary alicyclic amines) is 1. The average Bonchev–Trinajstić information content (AvgIpc) is 3.65. The van der Waals surface area contributed by atoms with Crippen molar-refractivity contribution < 1.29 is 23.5 Å². The van der Waals surface area contributed by atoms with Crippen molar-refractivity contribution in [2.24, 2.45) is 39.9 Å². The molecule has 5 fully saturated rings. The standard InChI is InChI=1S/C38H44F2N2O3/c1-34-14-13-27(43)18-30(34)31(39)19-29-28-17-26-22-42(21-24-9-5-3-6-10-24)23-37(26,35(28,2)20-32(44)38(29,34)40)33(45)41-36(15-16-36)25-11-7-4-8-12-25/h3-9,11-14,18,24,26,28-29,31-32,44H,10,15-17,19-23H2,1-2H3,(H,41,45)/t24?,26-,28-,29-,31-,32-,34-,35-,37+,38-/m0/s1. The Hall–Kier alpha value is -2.90. The van der Waals surface area contributed by atoms with Crippen LogP contribution in [0.2, 0.25) is 0 Å². The number of aliphatic hydroxyl groups excluding tert-OH is 1. The van der Waals surface area contributed by atoms with E-state index in [0.717, 1.165) is 37.9 Å². The second kappa shape index (κ2) is 9.80. The zero-order chi connectivity index (χ0) is 31.4. The molecule has 7 aliphatic rings. The molecule has 7 heteroatoms. The van der Waals surface area contributed by atoms with Crippen molar-refractivity contribution in [1.29, 1.82) is 0 Å². The van der Waals surface area contributed by atoms with Crippen molar-refractivity contribution in [3.05, 3.63) is 84.0 Å². The Morgan fingerprint density at radius 1 is 1.11 bits per heavy atom. The smallest absolute Gasteiger partial charge is 0.229 e. The van der Waals surface area contributed by atoms with Gasteiger partial charge in [0, 0.05) is 31.0 Å². The van der Waals surface area contributed by atoms with Gasteiger partial charge in [-0.2, -0.15) is 0 Å². The third-order valence-corrected chi connectivity index (χ3v) is 13.6. The first-order valence-corrected chi connectivity index (χ1v) is 16.9. The van der Waals surface area contributed by atoms with Crippen LogP contribution in [0.4, 0.5) is 8.78 Å². The molecule has 8 rings (SSSR count). The maximum Gasteiger partial charge on any atom is 0.229 e. The van der Waals surface area contributed by atoms with E-state index in [2.05, 4.69) is 53.6 Å². The number of carbonyl (C=O) groups excluding carboxylic acids is 2. The third-order valence-electron chi connectivity index (χ3n) is 13.6. The molecule has 10 atom stereocenters. The lowest BCUT2D eigenvalue weighted by Gasteiger charge is -2.63. The second-order valence-corrected chi connectivity index (χ2v) is 15.7. The molecule has 1 heterocycles. The molecule has 6 aliphatic carbocycles. The Labute approximate surface area is 264 Å². The summed E-state index contributed by atoms with van der Waals surface area (Å²) in [6.07, 6.45) is 13.1.